The topological polar surface area (TPSA) is 132 Å². The lowest BCUT2D eigenvalue weighted by Crippen LogP contribution is -2.10. The number of pyridine rings is 2. The van der Waals surface area contributed by atoms with E-state index in [1.54, 1.807) is 24.3 Å². The second-order valence-corrected chi connectivity index (χ2v) is 9.55. The molecule has 1 atom stereocenters. The van der Waals surface area contributed by atoms with Crippen LogP contribution in [-0.2, 0) is 10.0 Å². The number of nitrogens with one attached hydrogen (secondary N) is 2. The van der Waals surface area contributed by atoms with E-state index in [0.29, 0.717) is 27.7 Å². The van der Waals surface area contributed by atoms with Gasteiger partial charge >= 0.3 is 0 Å². The lowest BCUT2D eigenvalue weighted by Gasteiger charge is -2.17. The summed E-state index contributed by atoms with van der Waals surface area (Å²) in [5.74, 6) is 0. The van der Waals surface area contributed by atoms with Gasteiger partial charge in [-0.25, -0.2) is 13.4 Å². The SMILES string of the molecule is CS(=O)(=O)Nc1cc(-c2ccc3ncc(C#N)c(NC(C#N)c4ccccc4)c3c2)cnc1Cl. The average molecular weight is 489 g/mol. The number of anilines is 2. The summed E-state index contributed by atoms with van der Waals surface area (Å²) < 4.78 is 25.7. The van der Waals surface area contributed by atoms with Crippen molar-refractivity contribution in [2.24, 2.45) is 0 Å². The van der Waals surface area contributed by atoms with E-state index in [2.05, 4.69) is 32.1 Å². The predicted molar refractivity (Wildman–Crippen MR) is 132 cm³/mol. The molecule has 0 aliphatic rings. The minimum absolute atomic E-state index is 0.0190. The normalized spacial score (nSPS) is 11.9. The van der Waals surface area contributed by atoms with E-state index in [1.807, 2.05) is 30.3 Å². The molecular formula is C24H17ClN6O2S. The zero-order chi connectivity index (χ0) is 24.3. The first-order chi connectivity index (χ1) is 16.3. The minimum atomic E-state index is -3.55. The fourth-order valence-corrected chi connectivity index (χ4v) is 4.23. The van der Waals surface area contributed by atoms with E-state index in [0.717, 1.165) is 11.8 Å². The van der Waals surface area contributed by atoms with Gasteiger partial charge in [0, 0.05) is 23.3 Å². The number of nitrogens with zero attached hydrogens (tertiary/aromatic N) is 4. The predicted octanol–water partition coefficient (Wildman–Crippen LogP) is 4.87. The highest BCUT2D eigenvalue weighted by molar-refractivity contribution is 7.92. The van der Waals surface area contributed by atoms with Crippen LogP contribution in [0.2, 0.25) is 5.15 Å². The van der Waals surface area contributed by atoms with Gasteiger partial charge in [0.15, 0.2) is 5.15 Å². The van der Waals surface area contributed by atoms with Crippen LogP contribution in [0.1, 0.15) is 17.2 Å². The van der Waals surface area contributed by atoms with Gasteiger partial charge in [0.25, 0.3) is 0 Å². The van der Waals surface area contributed by atoms with Crippen LogP contribution < -0.4 is 10.0 Å². The van der Waals surface area contributed by atoms with Gasteiger partial charge in [-0.05, 0) is 29.3 Å². The van der Waals surface area contributed by atoms with Crippen LogP contribution in [0.15, 0.2) is 67.0 Å². The number of sulfonamides is 1. The third kappa shape index (κ3) is 4.91. The van der Waals surface area contributed by atoms with Crippen LogP contribution in [0, 0.1) is 22.7 Å². The molecular weight excluding hydrogens is 472 g/mol. The molecule has 4 aromatic rings. The number of halogens is 1. The Hall–Kier alpha value is -4.18. The maximum atomic E-state index is 11.7. The van der Waals surface area contributed by atoms with Crippen molar-refractivity contribution in [2.45, 2.75) is 6.04 Å². The highest BCUT2D eigenvalue weighted by Gasteiger charge is 2.17. The van der Waals surface area contributed by atoms with Crippen molar-refractivity contribution in [1.82, 2.24) is 9.97 Å². The second-order valence-electron chi connectivity index (χ2n) is 7.44. The summed E-state index contributed by atoms with van der Waals surface area (Å²) in [5.41, 5.74) is 3.58. The molecule has 0 aliphatic heterocycles. The molecule has 0 aliphatic carbocycles. The molecule has 0 bridgehead atoms. The molecule has 34 heavy (non-hydrogen) atoms. The average Bonchev–Trinajstić information content (AvgIpc) is 2.83. The Morgan fingerprint density at radius 3 is 2.44 bits per heavy atom. The molecule has 2 aromatic heterocycles. The summed E-state index contributed by atoms with van der Waals surface area (Å²) in [6.07, 6.45) is 4.01. The molecule has 0 fully saturated rings. The molecule has 1 unspecified atom stereocenters. The fraction of sp³-hybridized carbons (Fsp3) is 0.0833. The van der Waals surface area contributed by atoms with Gasteiger partial charge in [-0.3, -0.25) is 9.71 Å². The number of aromatic nitrogens is 2. The molecule has 0 saturated heterocycles. The standard InChI is InChI=1S/C24H17ClN6O2S/c1-34(32,33)31-21-10-17(13-29-24(21)25)16-7-8-20-19(9-16)23(18(11-26)14-28-20)30-22(12-27)15-5-3-2-4-6-15/h2-10,13-14,22,31H,1H3,(H,28,30). The maximum Gasteiger partial charge on any atom is 0.229 e. The summed E-state index contributed by atoms with van der Waals surface area (Å²) in [4.78, 5) is 8.45. The van der Waals surface area contributed by atoms with Crippen LogP contribution in [-0.4, -0.2) is 24.6 Å². The first kappa shape index (κ1) is 23.0. The van der Waals surface area contributed by atoms with Gasteiger partial charge in [0.2, 0.25) is 10.0 Å². The number of nitriles is 2. The Labute approximate surface area is 201 Å². The van der Waals surface area contributed by atoms with Crippen LogP contribution in [0.5, 0.6) is 0 Å². The lowest BCUT2D eigenvalue weighted by molar-refractivity contribution is 0.607. The van der Waals surface area contributed by atoms with Crippen molar-refractivity contribution in [3.8, 4) is 23.3 Å². The summed E-state index contributed by atoms with van der Waals surface area (Å²) in [5, 5.41) is 23.3. The van der Waals surface area contributed by atoms with Crippen molar-refractivity contribution in [1.29, 1.82) is 10.5 Å². The summed E-state index contributed by atoms with van der Waals surface area (Å²) in [6.45, 7) is 0. The molecule has 10 heteroatoms. The van der Waals surface area contributed by atoms with E-state index < -0.39 is 16.1 Å². The van der Waals surface area contributed by atoms with Crippen LogP contribution in [0.4, 0.5) is 11.4 Å². The van der Waals surface area contributed by atoms with Gasteiger partial charge in [-0.2, -0.15) is 10.5 Å². The van der Waals surface area contributed by atoms with Crippen LogP contribution in [0.25, 0.3) is 22.0 Å². The Kier molecular flexibility index (Phi) is 6.33. The van der Waals surface area contributed by atoms with Crippen molar-refractivity contribution in [2.75, 3.05) is 16.3 Å². The van der Waals surface area contributed by atoms with E-state index in [-0.39, 0.29) is 16.4 Å². The minimum Gasteiger partial charge on any atom is -0.365 e. The molecule has 2 N–H and O–H groups in total. The van der Waals surface area contributed by atoms with Crippen molar-refractivity contribution in [3.05, 3.63) is 83.3 Å². The van der Waals surface area contributed by atoms with Gasteiger partial charge in [-0.15, -0.1) is 0 Å². The zero-order valence-electron chi connectivity index (χ0n) is 17.8. The number of rotatable bonds is 6. The Morgan fingerprint density at radius 2 is 1.76 bits per heavy atom. The summed E-state index contributed by atoms with van der Waals surface area (Å²) in [7, 11) is -3.55. The Morgan fingerprint density at radius 1 is 1.00 bits per heavy atom. The van der Waals surface area contributed by atoms with E-state index in [4.69, 9.17) is 11.6 Å². The van der Waals surface area contributed by atoms with Crippen molar-refractivity contribution >= 4 is 43.9 Å². The molecule has 2 heterocycles. The fourth-order valence-electron chi connectivity index (χ4n) is 3.47. The van der Waals surface area contributed by atoms with Gasteiger partial charge in [-0.1, -0.05) is 48.0 Å². The molecule has 2 aromatic carbocycles. The Bertz CT molecular complexity index is 1580. The Balaban J connectivity index is 1.83. The van der Waals surface area contributed by atoms with Gasteiger partial charge < -0.3 is 5.32 Å². The van der Waals surface area contributed by atoms with E-state index in [1.165, 1.54) is 12.4 Å². The molecule has 168 valence electrons. The number of hydrogen-bond acceptors (Lipinski definition) is 7. The number of hydrogen-bond donors (Lipinski definition) is 2. The number of benzene rings is 2. The molecule has 0 radical (unpaired) electrons. The quantitative estimate of drug-likeness (QED) is 0.370. The molecule has 8 nitrogen and oxygen atoms in total. The first-order valence-corrected chi connectivity index (χ1v) is 12.2. The number of fused-ring (bicyclic) bond motifs is 1. The van der Waals surface area contributed by atoms with E-state index >= 15 is 0 Å². The zero-order valence-corrected chi connectivity index (χ0v) is 19.4. The molecule has 0 amide bonds. The van der Waals surface area contributed by atoms with Gasteiger partial charge in [0.1, 0.15) is 12.1 Å². The highest BCUT2D eigenvalue weighted by atomic mass is 35.5. The first-order valence-electron chi connectivity index (χ1n) is 9.96. The van der Waals surface area contributed by atoms with Crippen molar-refractivity contribution < 1.29 is 8.42 Å². The largest absolute Gasteiger partial charge is 0.365 e. The van der Waals surface area contributed by atoms with Gasteiger partial charge in [0.05, 0.1) is 34.8 Å². The maximum absolute atomic E-state index is 11.7. The van der Waals surface area contributed by atoms with Crippen LogP contribution >= 0.6 is 11.6 Å². The third-order valence-corrected chi connectivity index (χ3v) is 5.90. The lowest BCUT2D eigenvalue weighted by atomic mass is 10.0. The highest BCUT2D eigenvalue weighted by Crippen LogP contribution is 2.34. The van der Waals surface area contributed by atoms with E-state index in [9.17, 15) is 18.9 Å². The summed E-state index contributed by atoms with van der Waals surface area (Å²) in [6, 6.07) is 19.8. The molecule has 0 spiro atoms. The third-order valence-electron chi connectivity index (χ3n) is 5.01. The smallest absolute Gasteiger partial charge is 0.229 e. The molecule has 0 saturated carbocycles. The molecule has 4 rings (SSSR count). The summed E-state index contributed by atoms with van der Waals surface area (Å²) >= 11 is 6.06. The van der Waals surface area contributed by atoms with Crippen LogP contribution in [0.3, 0.4) is 0 Å². The van der Waals surface area contributed by atoms with Crippen molar-refractivity contribution in [3.63, 3.8) is 0 Å². The second kappa shape index (κ2) is 9.36. The monoisotopic (exact) mass is 488 g/mol.